The Morgan fingerprint density at radius 1 is 1.43 bits per heavy atom. The van der Waals surface area contributed by atoms with Crippen LogP contribution in [0.1, 0.15) is 24.5 Å². The van der Waals surface area contributed by atoms with E-state index in [4.69, 9.17) is 11.2 Å². The molecule has 2 heteroatoms. The average Bonchev–Trinajstić information content (AvgIpc) is 2.26. The van der Waals surface area contributed by atoms with Gasteiger partial charge in [0, 0.05) is 6.42 Å². The molecule has 0 aliphatic heterocycles. The van der Waals surface area contributed by atoms with Crippen molar-refractivity contribution in [2.24, 2.45) is 0 Å². The number of aliphatic hydroxyl groups excluding tert-OH is 1. The van der Waals surface area contributed by atoms with Crippen molar-refractivity contribution in [2.45, 2.75) is 18.9 Å². The van der Waals surface area contributed by atoms with Crippen molar-refractivity contribution < 1.29 is 9.84 Å². The minimum absolute atomic E-state index is 0.475. The van der Waals surface area contributed by atoms with Gasteiger partial charge in [0.05, 0.1) is 13.2 Å². The van der Waals surface area contributed by atoms with E-state index in [1.807, 2.05) is 24.3 Å². The van der Waals surface area contributed by atoms with Gasteiger partial charge in [-0.1, -0.05) is 12.1 Å². The smallest absolute Gasteiger partial charge is 0.118 e. The average molecular weight is 190 g/mol. The van der Waals surface area contributed by atoms with Gasteiger partial charge in [-0.15, -0.1) is 12.3 Å². The van der Waals surface area contributed by atoms with Gasteiger partial charge >= 0.3 is 0 Å². The summed E-state index contributed by atoms with van der Waals surface area (Å²) in [5.41, 5.74) is 0.876. The number of ether oxygens (including phenoxy) is 1. The number of hydrogen-bond acceptors (Lipinski definition) is 2. The summed E-state index contributed by atoms with van der Waals surface area (Å²) in [4.78, 5) is 0. The maximum atomic E-state index is 9.68. The monoisotopic (exact) mass is 190 g/mol. The van der Waals surface area contributed by atoms with Crippen LogP contribution in [0.15, 0.2) is 24.3 Å². The van der Waals surface area contributed by atoms with Gasteiger partial charge in [0.15, 0.2) is 0 Å². The second-order valence-corrected chi connectivity index (χ2v) is 3.03. The molecule has 0 aromatic heterocycles. The van der Waals surface area contributed by atoms with Gasteiger partial charge in [-0.05, 0) is 24.1 Å². The molecule has 1 unspecified atom stereocenters. The summed E-state index contributed by atoms with van der Waals surface area (Å²) in [7, 11) is 1.61. The summed E-state index contributed by atoms with van der Waals surface area (Å²) in [6, 6.07) is 7.35. The Bertz CT molecular complexity index is 308. The van der Waals surface area contributed by atoms with E-state index in [2.05, 4.69) is 5.92 Å². The predicted molar refractivity (Wildman–Crippen MR) is 56.0 cm³/mol. The van der Waals surface area contributed by atoms with E-state index < -0.39 is 6.10 Å². The van der Waals surface area contributed by atoms with Crippen molar-refractivity contribution in [1.29, 1.82) is 0 Å². The molecule has 0 fully saturated rings. The molecule has 1 atom stereocenters. The summed E-state index contributed by atoms with van der Waals surface area (Å²) in [5.74, 6) is 3.30. The summed E-state index contributed by atoms with van der Waals surface area (Å²) in [5, 5.41) is 9.68. The zero-order valence-electron chi connectivity index (χ0n) is 8.23. The van der Waals surface area contributed by atoms with Gasteiger partial charge in [0.25, 0.3) is 0 Å². The minimum Gasteiger partial charge on any atom is -0.497 e. The number of methoxy groups -OCH3 is 1. The van der Waals surface area contributed by atoms with Crippen LogP contribution in [0.25, 0.3) is 0 Å². The third-order valence-electron chi connectivity index (χ3n) is 2.06. The Morgan fingerprint density at radius 3 is 2.57 bits per heavy atom. The highest BCUT2D eigenvalue weighted by Gasteiger charge is 2.05. The Balaban J connectivity index is 2.62. The maximum Gasteiger partial charge on any atom is 0.118 e. The molecule has 0 amide bonds. The highest BCUT2D eigenvalue weighted by atomic mass is 16.5. The highest BCUT2D eigenvalue weighted by Crippen LogP contribution is 2.20. The van der Waals surface area contributed by atoms with E-state index in [1.165, 1.54) is 0 Å². The molecule has 0 bridgehead atoms. The summed E-state index contributed by atoms with van der Waals surface area (Å²) in [6.45, 7) is 0. The largest absolute Gasteiger partial charge is 0.497 e. The van der Waals surface area contributed by atoms with E-state index in [-0.39, 0.29) is 0 Å². The molecule has 0 saturated carbocycles. The third kappa shape index (κ3) is 2.79. The Morgan fingerprint density at radius 2 is 2.07 bits per heavy atom. The first kappa shape index (κ1) is 10.6. The minimum atomic E-state index is -0.475. The van der Waals surface area contributed by atoms with Crippen molar-refractivity contribution in [3.8, 4) is 18.1 Å². The van der Waals surface area contributed by atoms with Gasteiger partial charge in [0.2, 0.25) is 0 Å². The quantitative estimate of drug-likeness (QED) is 0.737. The number of rotatable bonds is 4. The molecule has 0 spiro atoms. The topological polar surface area (TPSA) is 29.5 Å². The fourth-order valence-corrected chi connectivity index (χ4v) is 1.21. The van der Waals surface area contributed by atoms with E-state index in [0.717, 1.165) is 11.3 Å². The standard InChI is InChI=1S/C12H14O2/c1-3-4-5-12(13)10-6-8-11(14-2)9-7-10/h1,6-9,12-13H,4-5H2,2H3. The molecule has 74 valence electrons. The van der Waals surface area contributed by atoms with Gasteiger partial charge in [-0.2, -0.15) is 0 Å². The van der Waals surface area contributed by atoms with Gasteiger partial charge < -0.3 is 9.84 Å². The summed E-state index contributed by atoms with van der Waals surface area (Å²) in [6.07, 6.45) is 5.83. The van der Waals surface area contributed by atoms with Gasteiger partial charge in [0.1, 0.15) is 5.75 Å². The molecule has 2 nitrogen and oxygen atoms in total. The zero-order chi connectivity index (χ0) is 10.4. The molecular formula is C12H14O2. The molecule has 14 heavy (non-hydrogen) atoms. The van der Waals surface area contributed by atoms with Crippen LogP contribution in [0.2, 0.25) is 0 Å². The SMILES string of the molecule is C#CCCC(O)c1ccc(OC)cc1. The molecule has 0 saturated heterocycles. The first-order valence-electron chi connectivity index (χ1n) is 4.53. The lowest BCUT2D eigenvalue weighted by Gasteiger charge is -2.09. The number of aliphatic hydroxyl groups is 1. The van der Waals surface area contributed by atoms with Gasteiger partial charge in [-0.3, -0.25) is 0 Å². The van der Waals surface area contributed by atoms with Crippen molar-refractivity contribution in [1.82, 2.24) is 0 Å². The molecular weight excluding hydrogens is 176 g/mol. The van der Waals surface area contributed by atoms with Crippen LogP contribution in [0.5, 0.6) is 5.75 Å². The molecule has 0 aliphatic carbocycles. The van der Waals surface area contributed by atoms with E-state index in [1.54, 1.807) is 7.11 Å². The lowest BCUT2D eigenvalue weighted by atomic mass is 10.1. The normalized spacial score (nSPS) is 11.8. The lowest BCUT2D eigenvalue weighted by molar-refractivity contribution is 0.169. The van der Waals surface area contributed by atoms with E-state index >= 15 is 0 Å². The van der Waals surface area contributed by atoms with Crippen LogP contribution in [0, 0.1) is 12.3 Å². The summed E-state index contributed by atoms with van der Waals surface area (Å²) < 4.78 is 5.02. The van der Waals surface area contributed by atoms with Crippen LogP contribution >= 0.6 is 0 Å². The molecule has 0 radical (unpaired) electrons. The van der Waals surface area contributed by atoms with Crippen molar-refractivity contribution in [3.63, 3.8) is 0 Å². The molecule has 1 N–H and O–H groups in total. The number of benzene rings is 1. The molecule has 1 aromatic rings. The van der Waals surface area contributed by atoms with Crippen LogP contribution in [0.3, 0.4) is 0 Å². The van der Waals surface area contributed by atoms with Crippen LogP contribution < -0.4 is 4.74 Å². The molecule has 1 aromatic carbocycles. The number of terminal acetylenes is 1. The van der Waals surface area contributed by atoms with Crippen LogP contribution in [-0.2, 0) is 0 Å². The molecule has 1 rings (SSSR count). The van der Waals surface area contributed by atoms with Crippen LogP contribution in [-0.4, -0.2) is 12.2 Å². The second-order valence-electron chi connectivity index (χ2n) is 3.03. The Kier molecular flexibility index (Phi) is 4.03. The fraction of sp³-hybridized carbons (Fsp3) is 0.333. The van der Waals surface area contributed by atoms with Crippen LogP contribution in [0.4, 0.5) is 0 Å². The molecule has 0 aliphatic rings. The number of hydrogen-bond donors (Lipinski definition) is 1. The second kappa shape index (κ2) is 5.31. The fourth-order valence-electron chi connectivity index (χ4n) is 1.21. The van der Waals surface area contributed by atoms with Crippen molar-refractivity contribution in [2.75, 3.05) is 7.11 Å². The van der Waals surface area contributed by atoms with Crippen molar-refractivity contribution in [3.05, 3.63) is 29.8 Å². The zero-order valence-corrected chi connectivity index (χ0v) is 8.23. The van der Waals surface area contributed by atoms with E-state index in [0.29, 0.717) is 12.8 Å². The first-order valence-corrected chi connectivity index (χ1v) is 4.53. The molecule has 0 heterocycles. The Labute approximate surface area is 84.5 Å². The lowest BCUT2D eigenvalue weighted by Crippen LogP contribution is -1.96. The highest BCUT2D eigenvalue weighted by molar-refractivity contribution is 5.28. The Hall–Kier alpha value is -1.46. The van der Waals surface area contributed by atoms with Gasteiger partial charge in [-0.25, -0.2) is 0 Å². The maximum absolute atomic E-state index is 9.68. The summed E-state index contributed by atoms with van der Waals surface area (Å²) >= 11 is 0. The predicted octanol–water partition coefficient (Wildman–Crippen LogP) is 2.14. The third-order valence-corrected chi connectivity index (χ3v) is 2.06. The van der Waals surface area contributed by atoms with Crippen molar-refractivity contribution >= 4 is 0 Å². The first-order chi connectivity index (χ1) is 6.77. The van der Waals surface area contributed by atoms with E-state index in [9.17, 15) is 5.11 Å².